The standard InChI is InChI=1S/C72H60N4.3C2H6/c1-3-20-61(4-2)73(62-21-10-5-11-22-62)67-43-31-55(32-44-67)57-35-47-69(48-36-57)75(65-27-16-8-17-28-65)71-51-39-59(40-52-71)60-41-53-72(54-42-60)76(66-29-18-9-19-30-66)70-49-37-58(38-50-70)56-33-45-68(46-34-56)74(63-23-12-6-13-24-63)64-25-14-7-15-26-64;3*1-2/h3-6,8-14,16-35,37-54,57H,1-2,7,15,36H2;3*1-2H3/b61-20+;;;. The van der Waals surface area contributed by atoms with Gasteiger partial charge < -0.3 is 19.6 Å². The van der Waals surface area contributed by atoms with Crippen molar-refractivity contribution >= 4 is 51.2 Å². The normalized spacial score (nSPS) is 13.2. The monoisotopic (exact) mass is 1070 g/mol. The SMILES string of the molecule is C=C/C=C(\C=C)N(c1ccccc1)c1ccc(C2C=CC(N(c3ccccc3)c3ccc(-c4ccc(N(c5ccccc5)c5ccc(-c6ccc(N(C7=CCCC=C7)c7ccccc7)cc6)cc5)cc4)cc3)=CC2)cc1.CC.CC.CC. The highest BCUT2D eigenvalue weighted by Gasteiger charge is 2.21. The Hall–Kier alpha value is -9.64. The van der Waals surface area contributed by atoms with Crippen molar-refractivity contribution < 1.29 is 0 Å². The fourth-order valence-corrected chi connectivity index (χ4v) is 10.3. The van der Waals surface area contributed by atoms with Crippen LogP contribution in [0.3, 0.4) is 0 Å². The summed E-state index contributed by atoms with van der Waals surface area (Å²) in [6, 6.07) is 86.9. The number of allylic oxidation sites excluding steroid dienone is 9. The van der Waals surface area contributed by atoms with Crippen LogP contribution in [0.25, 0.3) is 22.3 Å². The highest BCUT2D eigenvalue weighted by molar-refractivity contribution is 5.82. The van der Waals surface area contributed by atoms with Crippen LogP contribution in [0.5, 0.6) is 0 Å². The van der Waals surface area contributed by atoms with Crippen molar-refractivity contribution in [3.63, 3.8) is 0 Å². The third-order valence-electron chi connectivity index (χ3n) is 14.1. The first-order chi connectivity index (χ1) is 40.6. The van der Waals surface area contributed by atoms with Crippen molar-refractivity contribution in [2.75, 3.05) is 19.6 Å². The molecule has 4 nitrogen and oxygen atoms in total. The van der Waals surface area contributed by atoms with Gasteiger partial charge in [0.15, 0.2) is 0 Å². The van der Waals surface area contributed by atoms with Crippen LogP contribution in [0.15, 0.2) is 328 Å². The number of rotatable bonds is 17. The van der Waals surface area contributed by atoms with Gasteiger partial charge in [0.25, 0.3) is 0 Å². The minimum absolute atomic E-state index is 0.258. The number of anilines is 9. The van der Waals surface area contributed by atoms with E-state index in [2.05, 4.69) is 306 Å². The Balaban J connectivity index is 0.00000142. The second kappa shape index (κ2) is 30.1. The first-order valence-corrected chi connectivity index (χ1v) is 29.2. The molecule has 0 saturated heterocycles. The van der Waals surface area contributed by atoms with Crippen LogP contribution in [0, 0.1) is 0 Å². The smallest absolute Gasteiger partial charge is 0.0462 e. The molecule has 2 aliphatic carbocycles. The number of hydrogen-bond donors (Lipinski definition) is 0. The lowest BCUT2D eigenvalue weighted by Gasteiger charge is -2.29. The van der Waals surface area contributed by atoms with Crippen LogP contribution in [0.4, 0.5) is 51.2 Å². The largest absolute Gasteiger partial charge is 0.311 e. The molecule has 410 valence electrons. The van der Waals surface area contributed by atoms with Crippen molar-refractivity contribution in [1.29, 1.82) is 0 Å². The van der Waals surface area contributed by atoms with Crippen LogP contribution < -0.4 is 19.6 Å². The molecule has 0 fully saturated rings. The van der Waals surface area contributed by atoms with Gasteiger partial charge in [0.2, 0.25) is 0 Å². The summed E-state index contributed by atoms with van der Waals surface area (Å²) in [6.45, 7) is 20.0. The summed E-state index contributed by atoms with van der Waals surface area (Å²) in [7, 11) is 0. The lowest BCUT2D eigenvalue weighted by molar-refractivity contribution is 0.840. The highest BCUT2D eigenvalue weighted by atomic mass is 15.2. The molecule has 9 aromatic rings. The van der Waals surface area contributed by atoms with Crippen LogP contribution >= 0.6 is 0 Å². The quantitative estimate of drug-likeness (QED) is 0.0843. The molecular weight excluding hydrogens is 993 g/mol. The van der Waals surface area contributed by atoms with E-state index in [1.807, 2.05) is 59.8 Å². The van der Waals surface area contributed by atoms with Gasteiger partial charge in [0, 0.05) is 74.2 Å². The first kappa shape index (κ1) is 58.5. The van der Waals surface area contributed by atoms with E-state index in [1.165, 1.54) is 22.4 Å². The molecule has 0 heterocycles. The Morgan fingerprint density at radius 1 is 0.366 bits per heavy atom. The van der Waals surface area contributed by atoms with E-state index in [0.29, 0.717) is 0 Å². The summed E-state index contributed by atoms with van der Waals surface area (Å²) in [5.74, 6) is 0.258. The van der Waals surface area contributed by atoms with Crippen molar-refractivity contribution in [2.24, 2.45) is 0 Å². The van der Waals surface area contributed by atoms with Gasteiger partial charge in [-0.1, -0.05) is 219 Å². The van der Waals surface area contributed by atoms with Crippen molar-refractivity contribution in [1.82, 2.24) is 0 Å². The number of hydrogen-bond acceptors (Lipinski definition) is 4. The van der Waals surface area contributed by atoms with Gasteiger partial charge in [-0.05, 0) is 181 Å². The summed E-state index contributed by atoms with van der Waals surface area (Å²) >= 11 is 0. The van der Waals surface area contributed by atoms with E-state index in [0.717, 1.165) is 93.0 Å². The summed E-state index contributed by atoms with van der Waals surface area (Å²) in [5, 5.41) is 0. The number of para-hydroxylation sites is 4. The van der Waals surface area contributed by atoms with Gasteiger partial charge in [-0.15, -0.1) is 0 Å². The molecule has 4 heteroatoms. The third kappa shape index (κ3) is 14.0. The third-order valence-corrected chi connectivity index (χ3v) is 14.1. The fourth-order valence-electron chi connectivity index (χ4n) is 10.3. The zero-order valence-electron chi connectivity index (χ0n) is 48.7. The van der Waals surface area contributed by atoms with E-state index in [9.17, 15) is 0 Å². The maximum atomic E-state index is 4.09. The lowest BCUT2D eigenvalue weighted by atomic mass is 9.91. The van der Waals surface area contributed by atoms with Gasteiger partial charge in [-0.3, -0.25) is 0 Å². The predicted octanol–water partition coefficient (Wildman–Crippen LogP) is 23.1. The average Bonchev–Trinajstić information content (AvgIpc) is 3.71. The Morgan fingerprint density at radius 3 is 1.06 bits per heavy atom. The fraction of sp³-hybridized carbons (Fsp3) is 0.128. The Morgan fingerprint density at radius 2 is 0.707 bits per heavy atom. The maximum absolute atomic E-state index is 4.09. The van der Waals surface area contributed by atoms with Crippen LogP contribution in [0.2, 0.25) is 0 Å². The molecule has 2 aliphatic rings. The van der Waals surface area contributed by atoms with Gasteiger partial charge in [0.05, 0.1) is 0 Å². The topological polar surface area (TPSA) is 13.0 Å². The lowest BCUT2D eigenvalue weighted by Crippen LogP contribution is -2.17. The minimum Gasteiger partial charge on any atom is -0.311 e. The van der Waals surface area contributed by atoms with Crippen molar-refractivity contribution in [3.05, 3.63) is 333 Å². The summed E-state index contributed by atoms with van der Waals surface area (Å²) < 4.78 is 0. The summed E-state index contributed by atoms with van der Waals surface area (Å²) in [4.78, 5) is 9.23. The highest BCUT2D eigenvalue weighted by Crippen LogP contribution is 2.41. The molecule has 0 radical (unpaired) electrons. The minimum atomic E-state index is 0.258. The van der Waals surface area contributed by atoms with Crippen LogP contribution in [-0.4, -0.2) is 0 Å². The molecule has 82 heavy (non-hydrogen) atoms. The zero-order valence-corrected chi connectivity index (χ0v) is 48.7. The number of benzene rings is 9. The molecule has 1 atom stereocenters. The second-order valence-corrected chi connectivity index (χ2v) is 18.9. The van der Waals surface area contributed by atoms with Gasteiger partial charge in [0.1, 0.15) is 0 Å². The molecule has 0 N–H and O–H groups in total. The molecule has 0 bridgehead atoms. The van der Waals surface area contributed by atoms with E-state index in [-0.39, 0.29) is 5.92 Å². The molecule has 0 amide bonds. The van der Waals surface area contributed by atoms with E-state index >= 15 is 0 Å². The van der Waals surface area contributed by atoms with Crippen LogP contribution in [-0.2, 0) is 0 Å². The van der Waals surface area contributed by atoms with E-state index < -0.39 is 0 Å². The summed E-state index contributed by atoms with van der Waals surface area (Å²) in [5.41, 5.74) is 19.2. The van der Waals surface area contributed by atoms with Gasteiger partial charge in [-0.25, -0.2) is 0 Å². The molecule has 0 aromatic heterocycles. The molecule has 0 spiro atoms. The summed E-state index contributed by atoms with van der Waals surface area (Å²) in [6.07, 6.45) is 22.5. The van der Waals surface area contributed by atoms with Gasteiger partial charge in [-0.2, -0.15) is 0 Å². The Bertz CT molecular complexity index is 3540. The first-order valence-electron chi connectivity index (χ1n) is 29.2. The van der Waals surface area contributed by atoms with Crippen LogP contribution in [0.1, 0.15) is 72.3 Å². The Labute approximate surface area is 490 Å². The average molecular weight is 1070 g/mol. The molecule has 1 unspecified atom stereocenters. The molecule has 9 aromatic carbocycles. The maximum Gasteiger partial charge on any atom is 0.0462 e. The predicted molar refractivity (Wildman–Crippen MR) is 358 cm³/mol. The number of nitrogens with zero attached hydrogens (tertiary/aromatic N) is 4. The molecule has 0 saturated carbocycles. The van der Waals surface area contributed by atoms with Crippen molar-refractivity contribution in [2.45, 2.75) is 66.7 Å². The molecule has 0 aliphatic heterocycles. The van der Waals surface area contributed by atoms with Crippen molar-refractivity contribution in [3.8, 4) is 22.3 Å². The van der Waals surface area contributed by atoms with E-state index in [4.69, 9.17) is 0 Å². The Kier molecular flexibility index (Phi) is 21.5. The van der Waals surface area contributed by atoms with Gasteiger partial charge >= 0.3 is 0 Å². The van der Waals surface area contributed by atoms with E-state index in [1.54, 1.807) is 6.08 Å². The molecule has 11 rings (SSSR count). The zero-order chi connectivity index (χ0) is 57.5. The molecular formula is C78H78N4. The second-order valence-electron chi connectivity index (χ2n) is 18.9.